The van der Waals surface area contributed by atoms with Gasteiger partial charge in [-0.1, -0.05) is 24.1 Å². The van der Waals surface area contributed by atoms with E-state index in [1.807, 2.05) is 35.2 Å². The third-order valence-corrected chi connectivity index (χ3v) is 5.23. The molecule has 4 nitrogen and oxygen atoms in total. The van der Waals surface area contributed by atoms with E-state index in [0.717, 1.165) is 22.5 Å². The Morgan fingerprint density at radius 2 is 2.00 bits per heavy atom. The minimum absolute atomic E-state index is 0.0462. The Labute approximate surface area is 153 Å². The Morgan fingerprint density at radius 1 is 1.19 bits per heavy atom. The molecule has 3 aromatic rings. The molecular formula is C22H21N3O. The van der Waals surface area contributed by atoms with Gasteiger partial charge in [-0.2, -0.15) is 0 Å². The number of aryl methyl sites for hydroxylation is 2. The summed E-state index contributed by atoms with van der Waals surface area (Å²) in [6, 6.07) is 14.2. The molecule has 0 aliphatic carbocycles. The highest BCUT2D eigenvalue weighted by atomic mass is 16.2. The molecular weight excluding hydrogens is 322 g/mol. The van der Waals surface area contributed by atoms with Gasteiger partial charge in [0.25, 0.3) is 0 Å². The number of para-hydroxylation sites is 2. The van der Waals surface area contributed by atoms with E-state index >= 15 is 0 Å². The van der Waals surface area contributed by atoms with Gasteiger partial charge in [-0.15, -0.1) is 6.42 Å². The summed E-state index contributed by atoms with van der Waals surface area (Å²) in [5.41, 5.74) is 5.33. The minimum Gasteiger partial charge on any atom is -0.316 e. The lowest BCUT2D eigenvalue weighted by atomic mass is 10.1. The van der Waals surface area contributed by atoms with Crippen molar-refractivity contribution in [2.45, 2.75) is 32.7 Å². The number of imidazole rings is 1. The molecule has 0 saturated carbocycles. The van der Waals surface area contributed by atoms with E-state index < -0.39 is 0 Å². The van der Waals surface area contributed by atoms with E-state index in [9.17, 15) is 4.79 Å². The molecule has 0 spiro atoms. The van der Waals surface area contributed by atoms with Gasteiger partial charge in [0, 0.05) is 24.6 Å². The van der Waals surface area contributed by atoms with Crippen LogP contribution in [-0.4, -0.2) is 22.0 Å². The second kappa shape index (κ2) is 6.34. The molecule has 1 amide bonds. The van der Waals surface area contributed by atoms with Crippen molar-refractivity contribution in [3.05, 3.63) is 59.4 Å². The van der Waals surface area contributed by atoms with Gasteiger partial charge in [0.1, 0.15) is 5.82 Å². The van der Waals surface area contributed by atoms with Crippen LogP contribution in [0.5, 0.6) is 0 Å². The predicted molar refractivity (Wildman–Crippen MR) is 104 cm³/mol. The van der Waals surface area contributed by atoms with Crippen molar-refractivity contribution in [3.63, 3.8) is 0 Å². The number of aromatic nitrogens is 2. The van der Waals surface area contributed by atoms with Crippen LogP contribution in [0.15, 0.2) is 42.5 Å². The van der Waals surface area contributed by atoms with Crippen molar-refractivity contribution < 1.29 is 4.79 Å². The Kier molecular flexibility index (Phi) is 4.00. The fourth-order valence-corrected chi connectivity index (χ4v) is 3.69. The van der Waals surface area contributed by atoms with Crippen molar-refractivity contribution >= 4 is 22.6 Å². The van der Waals surface area contributed by atoms with Crippen LogP contribution in [0.2, 0.25) is 0 Å². The number of fused-ring (bicyclic) bond motifs is 1. The van der Waals surface area contributed by atoms with E-state index in [-0.39, 0.29) is 11.8 Å². The van der Waals surface area contributed by atoms with Crippen LogP contribution in [0.3, 0.4) is 0 Å². The van der Waals surface area contributed by atoms with Gasteiger partial charge in [-0.05, 0) is 49.2 Å². The molecule has 4 rings (SSSR count). The molecule has 130 valence electrons. The molecule has 2 heterocycles. The SMILES string of the molecule is C#CCn1c([C@H]2CC(=O)N(c3ccc(C)c(C)c3)C2)nc2ccccc21. The van der Waals surface area contributed by atoms with Gasteiger partial charge in [-0.3, -0.25) is 4.79 Å². The quantitative estimate of drug-likeness (QED) is 0.678. The standard InChI is InChI=1S/C22H21N3O/c1-4-11-24-20-8-6-5-7-19(20)23-22(24)17-13-21(26)25(14-17)18-10-9-15(2)16(3)12-18/h1,5-10,12,17H,11,13-14H2,2-3H3/t17-/m0/s1. The second-order valence-electron chi connectivity index (χ2n) is 6.92. The first-order valence-electron chi connectivity index (χ1n) is 8.84. The Morgan fingerprint density at radius 3 is 2.77 bits per heavy atom. The number of amides is 1. The Balaban J connectivity index is 1.71. The first-order chi connectivity index (χ1) is 12.6. The summed E-state index contributed by atoms with van der Waals surface area (Å²) in [7, 11) is 0. The zero-order valence-corrected chi connectivity index (χ0v) is 15.1. The summed E-state index contributed by atoms with van der Waals surface area (Å²) in [4.78, 5) is 19.4. The van der Waals surface area contributed by atoms with Crippen LogP contribution in [0.25, 0.3) is 11.0 Å². The molecule has 2 aromatic carbocycles. The normalized spacial score (nSPS) is 17.0. The maximum absolute atomic E-state index is 12.7. The molecule has 0 bridgehead atoms. The third kappa shape index (κ3) is 2.66. The third-order valence-electron chi connectivity index (χ3n) is 5.23. The van der Waals surface area contributed by atoms with E-state index in [1.165, 1.54) is 11.1 Å². The smallest absolute Gasteiger partial charge is 0.227 e. The zero-order valence-electron chi connectivity index (χ0n) is 15.1. The van der Waals surface area contributed by atoms with Crippen LogP contribution < -0.4 is 4.90 Å². The van der Waals surface area contributed by atoms with E-state index in [4.69, 9.17) is 11.4 Å². The number of terminal acetylenes is 1. The lowest BCUT2D eigenvalue weighted by Gasteiger charge is -2.18. The molecule has 0 N–H and O–H groups in total. The van der Waals surface area contributed by atoms with Crippen molar-refractivity contribution in [2.24, 2.45) is 0 Å². The van der Waals surface area contributed by atoms with Crippen LogP contribution in [0.4, 0.5) is 5.69 Å². The summed E-state index contributed by atoms with van der Waals surface area (Å²) in [6.45, 7) is 5.25. The van der Waals surface area contributed by atoms with Gasteiger partial charge in [0.15, 0.2) is 0 Å². The molecule has 1 aromatic heterocycles. The van der Waals surface area contributed by atoms with Gasteiger partial charge < -0.3 is 9.47 Å². The molecule has 1 aliphatic heterocycles. The fraction of sp³-hybridized carbons (Fsp3) is 0.273. The molecule has 1 fully saturated rings. The average molecular weight is 343 g/mol. The van der Waals surface area contributed by atoms with Crippen molar-refractivity contribution in [2.75, 3.05) is 11.4 Å². The lowest BCUT2D eigenvalue weighted by molar-refractivity contribution is -0.117. The van der Waals surface area contributed by atoms with Gasteiger partial charge in [-0.25, -0.2) is 4.98 Å². The molecule has 0 unspecified atom stereocenters. The summed E-state index contributed by atoms with van der Waals surface area (Å²) < 4.78 is 2.07. The van der Waals surface area contributed by atoms with Gasteiger partial charge >= 0.3 is 0 Å². The topological polar surface area (TPSA) is 38.1 Å². The van der Waals surface area contributed by atoms with Crippen LogP contribution in [0, 0.1) is 26.2 Å². The zero-order chi connectivity index (χ0) is 18.3. The van der Waals surface area contributed by atoms with Crippen LogP contribution >= 0.6 is 0 Å². The number of nitrogens with zero attached hydrogens (tertiary/aromatic N) is 3. The van der Waals surface area contributed by atoms with E-state index in [2.05, 4.69) is 36.5 Å². The molecule has 4 heteroatoms. The number of hydrogen-bond donors (Lipinski definition) is 0. The fourth-order valence-electron chi connectivity index (χ4n) is 3.69. The summed E-state index contributed by atoms with van der Waals surface area (Å²) in [5, 5.41) is 0. The predicted octanol–water partition coefficient (Wildman–Crippen LogP) is 3.81. The van der Waals surface area contributed by atoms with E-state index in [1.54, 1.807) is 0 Å². The Bertz CT molecular complexity index is 1040. The van der Waals surface area contributed by atoms with Gasteiger partial charge in [0.2, 0.25) is 5.91 Å². The highest BCUT2D eigenvalue weighted by Crippen LogP contribution is 2.33. The van der Waals surface area contributed by atoms with Crippen molar-refractivity contribution in [1.29, 1.82) is 0 Å². The average Bonchev–Trinajstić information content (AvgIpc) is 3.19. The van der Waals surface area contributed by atoms with Gasteiger partial charge in [0.05, 0.1) is 17.6 Å². The first-order valence-corrected chi connectivity index (χ1v) is 8.84. The highest BCUT2D eigenvalue weighted by Gasteiger charge is 2.34. The molecule has 1 atom stereocenters. The minimum atomic E-state index is 0.0462. The number of carbonyl (C=O) groups is 1. The number of benzene rings is 2. The number of anilines is 1. The van der Waals surface area contributed by atoms with Crippen molar-refractivity contribution in [1.82, 2.24) is 9.55 Å². The maximum Gasteiger partial charge on any atom is 0.227 e. The van der Waals surface area contributed by atoms with Crippen LogP contribution in [-0.2, 0) is 11.3 Å². The highest BCUT2D eigenvalue weighted by molar-refractivity contribution is 5.96. The summed E-state index contributed by atoms with van der Waals surface area (Å²) in [5.74, 6) is 3.81. The lowest BCUT2D eigenvalue weighted by Crippen LogP contribution is -2.24. The number of hydrogen-bond acceptors (Lipinski definition) is 2. The summed E-state index contributed by atoms with van der Waals surface area (Å²) in [6.07, 6.45) is 6.04. The molecule has 0 radical (unpaired) electrons. The largest absolute Gasteiger partial charge is 0.316 e. The number of carbonyl (C=O) groups excluding carboxylic acids is 1. The number of rotatable bonds is 3. The van der Waals surface area contributed by atoms with Crippen molar-refractivity contribution in [3.8, 4) is 12.3 Å². The Hall–Kier alpha value is -3.06. The molecule has 26 heavy (non-hydrogen) atoms. The molecule has 1 aliphatic rings. The first kappa shape index (κ1) is 16.4. The monoisotopic (exact) mass is 343 g/mol. The molecule has 1 saturated heterocycles. The summed E-state index contributed by atoms with van der Waals surface area (Å²) >= 11 is 0. The maximum atomic E-state index is 12.7. The van der Waals surface area contributed by atoms with E-state index in [0.29, 0.717) is 19.5 Å². The van der Waals surface area contributed by atoms with Crippen LogP contribution in [0.1, 0.15) is 29.3 Å². The second-order valence-corrected chi connectivity index (χ2v) is 6.92.